The lowest BCUT2D eigenvalue weighted by Gasteiger charge is -2.07. The molecule has 21 heavy (non-hydrogen) atoms. The molecule has 2 rings (SSSR count). The summed E-state index contributed by atoms with van der Waals surface area (Å²) in [5.74, 6) is -1.36. The fourth-order valence-electron chi connectivity index (χ4n) is 1.64. The Balaban J connectivity index is 2.16. The van der Waals surface area contributed by atoms with Gasteiger partial charge in [0.15, 0.2) is 0 Å². The molecule has 0 aliphatic carbocycles. The van der Waals surface area contributed by atoms with E-state index in [1.165, 1.54) is 30.3 Å². The smallest absolute Gasteiger partial charge is 0.255 e. The van der Waals surface area contributed by atoms with E-state index in [2.05, 4.69) is 4.72 Å². The van der Waals surface area contributed by atoms with Gasteiger partial charge in [0.05, 0.1) is 11.4 Å². The van der Waals surface area contributed by atoms with E-state index in [0.717, 1.165) is 11.0 Å². The molecule has 2 aromatic rings. The van der Waals surface area contributed by atoms with Crippen LogP contribution in [0.15, 0.2) is 60.0 Å². The zero-order chi connectivity index (χ0) is 15.3. The third-order valence-electron chi connectivity index (χ3n) is 2.60. The standard InChI is InChI=1S/C15H13NO4S/c17-15(18)13-7-4-8-14(11-13)16-21(19,20)10-9-12-5-2-1-3-6-12/h1-11,16H,(H,17,18)/p-1. The SMILES string of the molecule is O=C([O-])c1cccc(NS(=O)(=O)C=Cc2ccccc2)c1. The number of aromatic carboxylic acids is 1. The topological polar surface area (TPSA) is 86.3 Å². The Labute approximate surface area is 122 Å². The maximum absolute atomic E-state index is 11.9. The quantitative estimate of drug-likeness (QED) is 0.906. The van der Waals surface area contributed by atoms with Gasteiger partial charge < -0.3 is 9.90 Å². The number of carboxylic acid groups (broad SMARTS) is 1. The average molecular weight is 302 g/mol. The second-order valence-corrected chi connectivity index (χ2v) is 5.80. The molecule has 0 atom stereocenters. The van der Waals surface area contributed by atoms with Crippen molar-refractivity contribution < 1.29 is 18.3 Å². The first-order valence-electron chi connectivity index (χ1n) is 6.04. The molecular formula is C15H12NO4S-. The third kappa shape index (κ3) is 4.47. The summed E-state index contributed by atoms with van der Waals surface area (Å²) in [7, 11) is -3.72. The van der Waals surface area contributed by atoms with Crippen LogP contribution in [0.1, 0.15) is 15.9 Å². The number of carbonyl (C=O) groups excluding carboxylic acids is 1. The number of nitrogens with one attached hydrogen (secondary N) is 1. The summed E-state index contributed by atoms with van der Waals surface area (Å²) in [4.78, 5) is 10.7. The van der Waals surface area contributed by atoms with Gasteiger partial charge in [-0.1, -0.05) is 42.5 Å². The average Bonchev–Trinajstić information content (AvgIpc) is 2.46. The molecule has 0 unspecified atom stereocenters. The van der Waals surface area contributed by atoms with Crippen molar-refractivity contribution in [2.75, 3.05) is 4.72 Å². The summed E-state index contributed by atoms with van der Waals surface area (Å²) in [5, 5.41) is 11.7. The monoisotopic (exact) mass is 302 g/mol. The Morgan fingerprint density at radius 1 is 1.05 bits per heavy atom. The first kappa shape index (κ1) is 14.8. The van der Waals surface area contributed by atoms with Crippen LogP contribution in [-0.4, -0.2) is 14.4 Å². The Bertz CT molecular complexity index is 767. The maximum Gasteiger partial charge on any atom is 0.255 e. The number of sulfonamides is 1. The van der Waals surface area contributed by atoms with Gasteiger partial charge in [0.25, 0.3) is 10.0 Å². The third-order valence-corrected chi connectivity index (χ3v) is 3.61. The molecule has 0 aliphatic heterocycles. The van der Waals surface area contributed by atoms with Crippen molar-refractivity contribution in [2.45, 2.75) is 0 Å². The van der Waals surface area contributed by atoms with E-state index in [1.807, 2.05) is 6.07 Å². The largest absolute Gasteiger partial charge is 0.545 e. The summed E-state index contributed by atoms with van der Waals surface area (Å²) in [6.45, 7) is 0. The first-order valence-corrected chi connectivity index (χ1v) is 7.58. The molecule has 1 N–H and O–H groups in total. The number of carbonyl (C=O) groups is 1. The Kier molecular flexibility index (Phi) is 4.39. The van der Waals surface area contributed by atoms with Gasteiger partial charge in [0.2, 0.25) is 0 Å². The van der Waals surface area contributed by atoms with Gasteiger partial charge >= 0.3 is 0 Å². The summed E-state index contributed by atoms with van der Waals surface area (Å²) in [5.41, 5.74) is 0.808. The molecule has 0 radical (unpaired) electrons. The van der Waals surface area contributed by atoms with Gasteiger partial charge in [0.1, 0.15) is 0 Å². The Hall–Kier alpha value is -2.60. The van der Waals surface area contributed by atoms with Crippen LogP contribution in [0, 0.1) is 0 Å². The molecule has 0 aromatic heterocycles. The van der Waals surface area contributed by atoms with Crippen molar-refractivity contribution >= 4 is 27.8 Å². The van der Waals surface area contributed by atoms with E-state index in [-0.39, 0.29) is 11.3 Å². The predicted molar refractivity (Wildman–Crippen MR) is 78.8 cm³/mol. The van der Waals surface area contributed by atoms with E-state index >= 15 is 0 Å². The summed E-state index contributed by atoms with van der Waals surface area (Å²) in [6, 6.07) is 14.4. The van der Waals surface area contributed by atoms with Crippen LogP contribution in [-0.2, 0) is 10.0 Å². The summed E-state index contributed by atoms with van der Waals surface area (Å²) >= 11 is 0. The highest BCUT2D eigenvalue weighted by Gasteiger charge is 2.06. The highest BCUT2D eigenvalue weighted by molar-refractivity contribution is 7.95. The zero-order valence-electron chi connectivity index (χ0n) is 10.9. The lowest BCUT2D eigenvalue weighted by atomic mass is 10.2. The van der Waals surface area contributed by atoms with E-state index < -0.39 is 16.0 Å². The molecule has 2 aromatic carbocycles. The molecular weight excluding hydrogens is 290 g/mol. The van der Waals surface area contributed by atoms with Crippen molar-refractivity contribution in [1.82, 2.24) is 0 Å². The van der Waals surface area contributed by atoms with Crippen LogP contribution < -0.4 is 9.83 Å². The maximum atomic E-state index is 11.9. The highest BCUT2D eigenvalue weighted by Crippen LogP contribution is 2.13. The first-order chi connectivity index (χ1) is 9.96. The van der Waals surface area contributed by atoms with Crippen molar-refractivity contribution in [1.29, 1.82) is 0 Å². The zero-order valence-corrected chi connectivity index (χ0v) is 11.7. The van der Waals surface area contributed by atoms with Gasteiger partial charge in [-0.05, 0) is 29.3 Å². The van der Waals surface area contributed by atoms with Crippen LogP contribution in [0.5, 0.6) is 0 Å². The van der Waals surface area contributed by atoms with Crippen LogP contribution in [0.2, 0.25) is 0 Å². The number of hydrogen-bond acceptors (Lipinski definition) is 4. The van der Waals surface area contributed by atoms with Crippen LogP contribution in [0.25, 0.3) is 6.08 Å². The van der Waals surface area contributed by atoms with Crippen LogP contribution in [0.3, 0.4) is 0 Å². The van der Waals surface area contributed by atoms with Crippen LogP contribution >= 0.6 is 0 Å². The van der Waals surface area contributed by atoms with E-state index in [4.69, 9.17) is 0 Å². The number of anilines is 1. The number of hydrogen-bond donors (Lipinski definition) is 1. The minimum Gasteiger partial charge on any atom is -0.545 e. The Morgan fingerprint density at radius 2 is 1.76 bits per heavy atom. The number of benzene rings is 2. The molecule has 0 saturated heterocycles. The van der Waals surface area contributed by atoms with Crippen LogP contribution in [0.4, 0.5) is 5.69 Å². The normalized spacial score (nSPS) is 11.4. The molecule has 108 valence electrons. The minimum absolute atomic E-state index is 0.0951. The molecule has 0 aliphatic rings. The number of rotatable bonds is 5. The lowest BCUT2D eigenvalue weighted by Crippen LogP contribution is -2.22. The van der Waals surface area contributed by atoms with Crippen molar-refractivity contribution in [3.63, 3.8) is 0 Å². The second kappa shape index (κ2) is 6.23. The highest BCUT2D eigenvalue weighted by atomic mass is 32.2. The van der Waals surface area contributed by atoms with E-state index in [9.17, 15) is 18.3 Å². The Morgan fingerprint density at radius 3 is 2.43 bits per heavy atom. The van der Waals surface area contributed by atoms with Gasteiger partial charge in [-0.3, -0.25) is 4.72 Å². The molecule has 6 heteroatoms. The van der Waals surface area contributed by atoms with Crippen molar-refractivity contribution in [3.8, 4) is 0 Å². The minimum atomic E-state index is -3.72. The van der Waals surface area contributed by atoms with E-state index in [1.54, 1.807) is 24.3 Å². The second-order valence-electron chi connectivity index (χ2n) is 4.23. The van der Waals surface area contributed by atoms with Gasteiger partial charge in [-0.2, -0.15) is 0 Å². The summed E-state index contributed by atoms with van der Waals surface area (Å²) in [6.07, 6.45) is 1.45. The molecule has 0 saturated carbocycles. The molecule has 0 spiro atoms. The fourth-order valence-corrected chi connectivity index (χ4v) is 2.50. The van der Waals surface area contributed by atoms with Crippen molar-refractivity contribution in [2.24, 2.45) is 0 Å². The molecule has 0 fully saturated rings. The summed E-state index contributed by atoms with van der Waals surface area (Å²) < 4.78 is 26.1. The predicted octanol–water partition coefficient (Wildman–Crippen LogP) is 1.46. The molecule has 0 heterocycles. The van der Waals surface area contributed by atoms with Crippen molar-refractivity contribution in [3.05, 3.63) is 71.1 Å². The number of carboxylic acids is 1. The molecule has 5 nitrogen and oxygen atoms in total. The lowest BCUT2D eigenvalue weighted by molar-refractivity contribution is -0.255. The van der Waals surface area contributed by atoms with Gasteiger partial charge in [-0.15, -0.1) is 0 Å². The fraction of sp³-hybridized carbons (Fsp3) is 0. The van der Waals surface area contributed by atoms with Gasteiger partial charge in [0, 0.05) is 5.69 Å². The molecule has 0 amide bonds. The van der Waals surface area contributed by atoms with E-state index in [0.29, 0.717) is 0 Å². The van der Waals surface area contributed by atoms with Gasteiger partial charge in [-0.25, -0.2) is 8.42 Å². The molecule has 0 bridgehead atoms.